The van der Waals surface area contributed by atoms with Crippen molar-refractivity contribution in [2.45, 2.75) is 37.8 Å². The second kappa shape index (κ2) is 4.47. The molecule has 3 atom stereocenters. The minimum atomic E-state index is -1.24. The Morgan fingerprint density at radius 3 is 2.65 bits per heavy atom. The van der Waals surface area contributed by atoms with Crippen LogP contribution in [0.15, 0.2) is 30.3 Å². The lowest BCUT2D eigenvalue weighted by Crippen LogP contribution is -2.35. The van der Waals surface area contributed by atoms with E-state index in [0.29, 0.717) is 19.3 Å². The fourth-order valence-electron chi connectivity index (χ4n) is 2.71. The molecule has 1 aliphatic rings. The summed E-state index contributed by atoms with van der Waals surface area (Å²) in [5, 5.41) is 9.22. The molecule has 1 N–H and O–H groups in total. The Balaban J connectivity index is 2.29. The van der Waals surface area contributed by atoms with E-state index in [0.717, 1.165) is 5.56 Å². The van der Waals surface area contributed by atoms with Crippen LogP contribution in [-0.2, 0) is 4.79 Å². The van der Waals surface area contributed by atoms with Crippen LogP contribution >= 0.6 is 0 Å². The zero-order valence-corrected chi connectivity index (χ0v) is 9.90. The lowest BCUT2D eigenvalue weighted by Gasteiger charge is -2.36. The molecule has 1 fully saturated rings. The second-order valence-corrected chi connectivity index (χ2v) is 5.12. The molecule has 17 heavy (non-hydrogen) atoms. The third kappa shape index (κ3) is 2.65. The SMILES string of the molecule is CC1(F)CC[C@@H](C(=O)O)[C@H](c2ccccc2)C1. The van der Waals surface area contributed by atoms with Gasteiger partial charge in [0.15, 0.2) is 0 Å². The van der Waals surface area contributed by atoms with Gasteiger partial charge in [-0.1, -0.05) is 30.3 Å². The summed E-state index contributed by atoms with van der Waals surface area (Å²) in [6.45, 7) is 1.57. The lowest BCUT2D eigenvalue weighted by atomic mass is 9.70. The second-order valence-electron chi connectivity index (χ2n) is 5.12. The van der Waals surface area contributed by atoms with Gasteiger partial charge in [0.1, 0.15) is 5.67 Å². The topological polar surface area (TPSA) is 37.3 Å². The van der Waals surface area contributed by atoms with Crippen LogP contribution in [0.3, 0.4) is 0 Å². The van der Waals surface area contributed by atoms with Crippen molar-refractivity contribution in [1.82, 2.24) is 0 Å². The number of hydrogen-bond donors (Lipinski definition) is 1. The molecule has 1 saturated carbocycles. The summed E-state index contributed by atoms with van der Waals surface area (Å²) in [5.41, 5.74) is -0.310. The molecule has 0 saturated heterocycles. The van der Waals surface area contributed by atoms with Gasteiger partial charge in [0.05, 0.1) is 5.92 Å². The van der Waals surface area contributed by atoms with E-state index in [9.17, 15) is 14.3 Å². The first kappa shape index (κ1) is 12.1. The lowest BCUT2D eigenvalue weighted by molar-refractivity contribution is -0.144. The molecule has 0 heterocycles. The number of aliphatic carboxylic acids is 1. The summed E-state index contributed by atoms with van der Waals surface area (Å²) in [5.74, 6) is -1.48. The predicted octanol–water partition coefficient (Wildman–Crippen LogP) is 3.38. The fourth-order valence-corrected chi connectivity index (χ4v) is 2.71. The van der Waals surface area contributed by atoms with Gasteiger partial charge in [-0.25, -0.2) is 4.39 Å². The average Bonchev–Trinajstić information content (AvgIpc) is 2.28. The third-order valence-electron chi connectivity index (χ3n) is 3.65. The predicted molar refractivity (Wildman–Crippen MR) is 63.7 cm³/mol. The van der Waals surface area contributed by atoms with E-state index in [1.165, 1.54) is 0 Å². The maximum Gasteiger partial charge on any atom is 0.307 e. The van der Waals surface area contributed by atoms with Gasteiger partial charge < -0.3 is 5.11 Å². The van der Waals surface area contributed by atoms with Crippen LogP contribution in [-0.4, -0.2) is 16.7 Å². The summed E-state index contributed by atoms with van der Waals surface area (Å²) in [7, 11) is 0. The number of carboxylic acids is 1. The Bertz CT molecular complexity index is 400. The van der Waals surface area contributed by atoms with Crippen molar-refractivity contribution < 1.29 is 14.3 Å². The van der Waals surface area contributed by atoms with Gasteiger partial charge in [0, 0.05) is 5.92 Å². The van der Waals surface area contributed by atoms with Gasteiger partial charge in [0.2, 0.25) is 0 Å². The zero-order chi connectivity index (χ0) is 12.5. The third-order valence-corrected chi connectivity index (χ3v) is 3.65. The van der Waals surface area contributed by atoms with Gasteiger partial charge in [-0.3, -0.25) is 4.79 Å². The number of benzene rings is 1. The number of alkyl halides is 1. The van der Waals surface area contributed by atoms with Crippen LogP contribution in [0.5, 0.6) is 0 Å². The van der Waals surface area contributed by atoms with Crippen LogP contribution < -0.4 is 0 Å². The molecule has 1 unspecified atom stereocenters. The highest BCUT2D eigenvalue weighted by molar-refractivity contribution is 5.71. The van der Waals surface area contributed by atoms with Crippen LogP contribution in [0.25, 0.3) is 0 Å². The van der Waals surface area contributed by atoms with Crippen molar-refractivity contribution >= 4 is 5.97 Å². The normalized spacial score (nSPS) is 33.3. The van der Waals surface area contributed by atoms with Gasteiger partial charge in [-0.15, -0.1) is 0 Å². The van der Waals surface area contributed by atoms with Crippen molar-refractivity contribution in [3.8, 4) is 0 Å². The van der Waals surface area contributed by atoms with Gasteiger partial charge in [-0.05, 0) is 31.7 Å². The van der Waals surface area contributed by atoms with Crippen LogP contribution in [0, 0.1) is 5.92 Å². The summed E-state index contributed by atoms with van der Waals surface area (Å²) in [6.07, 6.45) is 1.06. The van der Waals surface area contributed by atoms with E-state index in [2.05, 4.69) is 0 Å². The number of halogens is 1. The number of carbonyl (C=O) groups is 1. The highest BCUT2D eigenvalue weighted by atomic mass is 19.1. The summed E-state index contributed by atoms with van der Waals surface area (Å²) in [4.78, 5) is 11.2. The quantitative estimate of drug-likeness (QED) is 0.854. The van der Waals surface area contributed by atoms with E-state index in [4.69, 9.17) is 0 Å². The van der Waals surface area contributed by atoms with Gasteiger partial charge in [-0.2, -0.15) is 0 Å². The molecule has 92 valence electrons. The average molecular weight is 236 g/mol. The van der Waals surface area contributed by atoms with E-state index in [1.807, 2.05) is 30.3 Å². The Morgan fingerprint density at radius 2 is 2.06 bits per heavy atom. The standard InChI is InChI=1S/C14H17FO2/c1-14(15)8-7-11(13(16)17)12(9-14)10-5-3-2-4-6-10/h2-6,11-12H,7-9H2,1H3,(H,16,17)/t11-,12+,14?/m1/s1. The van der Waals surface area contributed by atoms with Crippen molar-refractivity contribution in [1.29, 1.82) is 0 Å². The molecule has 1 aliphatic carbocycles. The molecule has 0 bridgehead atoms. The van der Waals surface area contributed by atoms with Crippen molar-refractivity contribution in [2.24, 2.45) is 5.92 Å². The number of hydrogen-bond acceptors (Lipinski definition) is 1. The molecule has 0 amide bonds. The van der Waals surface area contributed by atoms with E-state index < -0.39 is 17.6 Å². The van der Waals surface area contributed by atoms with Gasteiger partial charge in [0.25, 0.3) is 0 Å². The van der Waals surface area contributed by atoms with Crippen LogP contribution in [0.1, 0.15) is 37.7 Å². The molecule has 0 radical (unpaired) electrons. The monoisotopic (exact) mass is 236 g/mol. The van der Waals surface area contributed by atoms with Crippen LogP contribution in [0.2, 0.25) is 0 Å². The Labute approximate surface area is 100 Å². The molecular formula is C14H17FO2. The maximum atomic E-state index is 14.1. The number of carboxylic acid groups (broad SMARTS) is 1. The zero-order valence-electron chi connectivity index (χ0n) is 9.90. The van der Waals surface area contributed by atoms with E-state index >= 15 is 0 Å². The highest BCUT2D eigenvalue weighted by Crippen LogP contribution is 2.44. The summed E-state index contributed by atoms with van der Waals surface area (Å²) < 4.78 is 14.1. The van der Waals surface area contributed by atoms with Crippen molar-refractivity contribution in [3.63, 3.8) is 0 Å². The first-order valence-corrected chi connectivity index (χ1v) is 5.96. The summed E-state index contributed by atoms with van der Waals surface area (Å²) >= 11 is 0. The molecular weight excluding hydrogens is 219 g/mol. The first-order chi connectivity index (χ1) is 7.99. The summed E-state index contributed by atoms with van der Waals surface area (Å²) in [6, 6.07) is 9.41. The highest BCUT2D eigenvalue weighted by Gasteiger charge is 2.41. The first-order valence-electron chi connectivity index (χ1n) is 5.96. The smallest absolute Gasteiger partial charge is 0.307 e. The molecule has 3 heteroatoms. The molecule has 0 aliphatic heterocycles. The number of rotatable bonds is 2. The molecule has 2 nitrogen and oxygen atoms in total. The van der Waals surface area contributed by atoms with Gasteiger partial charge >= 0.3 is 5.97 Å². The molecule has 1 aromatic rings. The van der Waals surface area contributed by atoms with Crippen molar-refractivity contribution in [2.75, 3.05) is 0 Å². The fraction of sp³-hybridized carbons (Fsp3) is 0.500. The van der Waals surface area contributed by atoms with Crippen molar-refractivity contribution in [3.05, 3.63) is 35.9 Å². The van der Waals surface area contributed by atoms with E-state index in [1.54, 1.807) is 6.92 Å². The Morgan fingerprint density at radius 1 is 1.41 bits per heavy atom. The maximum absolute atomic E-state index is 14.1. The van der Waals surface area contributed by atoms with E-state index in [-0.39, 0.29) is 5.92 Å². The molecule has 2 rings (SSSR count). The molecule has 0 spiro atoms. The Kier molecular flexibility index (Phi) is 3.18. The molecule has 0 aromatic heterocycles. The van der Waals surface area contributed by atoms with Crippen LogP contribution in [0.4, 0.5) is 4.39 Å². The molecule has 1 aromatic carbocycles. The Hall–Kier alpha value is -1.38. The largest absolute Gasteiger partial charge is 0.481 e. The minimum absolute atomic E-state index is 0.211. The minimum Gasteiger partial charge on any atom is -0.481 e.